The van der Waals surface area contributed by atoms with Gasteiger partial charge in [0.15, 0.2) is 0 Å². The summed E-state index contributed by atoms with van der Waals surface area (Å²) in [5.41, 5.74) is -1.13. The molecular formula is C12H12ClF3N2O2S. The first-order valence-corrected chi connectivity index (χ1v) is 6.71. The fraction of sp³-hybridized carbons (Fsp3) is 0.333. The first kappa shape index (κ1) is 17.6. The summed E-state index contributed by atoms with van der Waals surface area (Å²) in [5.74, 6) is -1.18. The van der Waals surface area contributed by atoms with Gasteiger partial charge in [0.2, 0.25) is 11.8 Å². The number of anilines is 1. The molecule has 0 aliphatic heterocycles. The number of alkyl halides is 3. The Morgan fingerprint density at radius 3 is 2.48 bits per heavy atom. The lowest BCUT2D eigenvalue weighted by Gasteiger charge is -2.17. The van der Waals surface area contributed by atoms with Crippen LogP contribution in [0.4, 0.5) is 18.9 Å². The minimum absolute atomic E-state index is 0.0119. The molecule has 21 heavy (non-hydrogen) atoms. The van der Waals surface area contributed by atoms with Gasteiger partial charge in [0.05, 0.1) is 16.3 Å². The lowest BCUT2D eigenvalue weighted by Crippen LogP contribution is -2.44. The molecule has 116 valence electrons. The first-order chi connectivity index (χ1) is 9.65. The molecule has 0 fully saturated rings. The van der Waals surface area contributed by atoms with Gasteiger partial charge in [0.1, 0.15) is 6.04 Å². The van der Waals surface area contributed by atoms with Crippen molar-refractivity contribution in [1.29, 1.82) is 0 Å². The molecule has 0 spiro atoms. The van der Waals surface area contributed by atoms with E-state index in [1.54, 1.807) is 0 Å². The van der Waals surface area contributed by atoms with Crippen molar-refractivity contribution in [2.75, 3.05) is 11.1 Å². The van der Waals surface area contributed by atoms with E-state index in [1.165, 1.54) is 6.92 Å². The number of rotatable bonds is 4. The van der Waals surface area contributed by atoms with E-state index in [4.69, 9.17) is 11.6 Å². The van der Waals surface area contributed by atoms with Crippen LogP contribution in [-0.2, 0) is 15.8 Å². The van der Waals surface area contributed by atoms with Crippen LogP contribution in [0.15, 0.2) is 18.2 Å². The highest BCUT2D eigenvalue weighted by Gasteiger charge is 2.31. The fourth-order valence-corrected chi connectivity index (χ4v) is 1.88. The summed E-state index contributed by atoms with van der Waals surface area (Å²) in [7, 11) is 0. The molecular weight excluding hydrogens is 329 g/mol. The third kappa shape index (κ3) is 5.13. The Kier molecular flexibility index (Phi) is 5.91. The minimum atomic E-state index is -4.55. The van der Waals surface area contributed by atoms with E-state index in [1.807, 2.05) is 0 Å². The van der Waals surface area contributed by atoms with E-state index >= 15 is 0 Å². The van der Waals surface area contributed by atoms with Crippen molar-refractivity contribution in [1.82, 2.24) is 5.32 Å². The van der Waals surface area contributed by atoms with Gasteiger partial charge in [-0.1, -0.05) is 11.6 Å². The van der Waals surface area contributed by atoms with Crippen molar-refractivity contribution in [3.63, 3.8) is 0 Å². The summed E-state index contributed by atoms with van der Waals surface area (Å²) in [6, 6.07) is 1.59. The van der Waals surface area contributed by atoms with E-state index in [0.717, 1.165) is 18.2 Å². The van der Waals surface area contributed by atoms with Crippen LogP contribution in [0.1, 0.15) is 12.5 Å². The largest absolute Gasteiger partial charge is 0.416 e. The molecule has 1 aromatic carbocycles. The molecule has 2 N–H and O–H groups in total. The van der Waals surface area contributed by atoms with Crippen LogP contribution in [0.3, 0.4) is 0 Å². The number of nitrogens with one attached hydrogen (secondary N) is 2. The van der Waals surface area contributed by atoms with E-state index in [9.17, 15) is 22.8 Å². The predicted molar refractivity (Wildman–Crippen MR) is 76.5 cm³/mol. The standard InChI is InChI=1S/C12H12ClF3N2O2S/c1-6(19)17-10(5-21)11(20)18-9-4-7(12(14,15)16)2-3-8(9)13/h2-4,10,21H,5H2,1H3,(H,17,19)(H,18,20). The first-order valence-electron chi connectivity index (χ1n) is 5.70. The van der Waals surface area contributed by atoms with Gasteiger partial charge in [0, 0.05) is 12.7 Å². The lowest BCUT2D eigenvalue weighted by molar-refractivity contribution is -0.137. The molecule has 0 aliphatic carbocycles. The quantitative estimate of drug-likeness (QED) is 0.738. The van der Waals surface area contributed by atoms with Crippen molar-refractivity contribution >= 4 is 41.7 Å². The van der Waals surface area contributed by atoms with E-state index in [-0.39, 0.29) is 16.5 Å². The van der Waals surface area contributed by atoms with Crippen LogP contribution in [0, 0.1) is 0 Å². The highest BCUT2D eigenvalue weighted by molar-refractivity contribution is 7.80. The van der Waals surface area contributed by atoms with Gasteiger partial charge >= 0.3 is 6.18 Å². The van der Waals surface area contributed by atoms with E-state index < -0.39 is 29.6 Å². The van der Waals surface area contributed by atoms with Crippen LogP contribution in [0.2, 0.25) is 5.02 Å². The number of amides is 2. The molecule has 1 aromatic rings. The number of hydrogen-bond donors (Lipinski definition) is 3. The third-order valence-corrected chi connectivity index (χ3v) is 3.12. The zero-order valence-corrected chi connectivity index (χ0v) is 12.4. The van der Waals surface area contributed by atoms with Crippen LogP contribution in [-0.4, -0.2) is 23.6 Å². The van der Waals surface area contributed by atoms with Gasteiger partial charge < -0.3 is 10.6 Å². The second kappa shape index (κ2) is 7.04. The molecule has 1 atom stereocenters. The van der Waals surface area contributed by atoms with Gasteiger partial charge in [-0.25, -0.2) is 0 Å². The highest BCUT2D eigenvalue weighted by Crippen LogP contribution is 2.33. The minimum Gasteiger partial charge on any atom is -0.344 e. The summed E-state index contributed by atoms with van der Waals surface area (Å²) in [6.45, 7) is 1.21. The lowest BCUT2D eigenvalue weighted by atomic mass is 10.2. The van der Waals surface area contributed by atoms with Crippen LogP contribution in [0.5, 0.6) is 0 Å². The molecule has 0 heterocycles. The van der Waals surface area contributed by atoms with Crippen LogP contribution in [0.25, 0.3) is 0 Å². The Labute approximate surface area is 129 Å². The Morgan fingerprint density at radius 1 is 1.38 bits per heavy atom. The molecule has 0 bridgehead atoms. The van der Waals surface area contributed by atoms with Crippen molar-refractivity contribution < 1.29 is 22.8 Å². The second-order valence-corrected chi connectivity index (χ2v) is 4.89. The third-order valence-electron chi connectivity index (χ3n) is 2.43. The number of hydrogen-bond acceptors (Lipinski definition) is 3. The molecule has 0 saturated heterocycles. The summed E-state index contributed by atoms with van der Waals surface area (Å²) in [4.78, 5) is 22.8. The Bertz CT molecular complexity index is 552. The zero-order valence-electron chi connectivity index (χ0n) is 10.8. The fourth-order valence-electron chi connectivity index (χ4n) is 1.46. The summed E-state index contributed by atoms with van der Waals surface area (Å²) < 4.78 is 37.8. The number of halogens is 4. The van der Waals surface area contributed by atoms with Crippen molar-refractivity contribution in [3.8, 4) is 0 Å². The average molecular weight is 341 g/mol. The maximum absolute atomic E-state index is 12.6. The molecule has 0 saturated carbocycles. The van der Waals surface area contributed by atoms with Crippen molar-refractivity contribution in [2.24, 2.45) is 0 Å². The summed E-state index contributed by atoms with van der Waals surface area (Å²) in [5, 5.41) is 4.52. The predicted octanol–water partition coefficient (Wildman–Crippen LogP) is 2.73. The molecule has 1 rings (SSSR count). The maximum atomic E-state index is 12.6. The van der Waals surface area contributed by atoms with Crippen molar-refractivity contribution in [2.45, 2.75) is 19.1 Å². The molecule has 0 aromatic heterocycles. The molecule has 4 nitrogen and oxygen atoms in total. The van der Waals surface area contributed by atoms with Crippen LogP contribution >= 0.6 is 24.2 Å². The van der Waals surface area contributed by atoms with E-state index in [0.29, 0.717) is 0 Å². The van der Waals surface area contributed by atoms with Gasteiger partial charge in [-0.3, -0.25) is 9.59 Å². The van der Waals surface area contributed by atoms with Gasteiger partial charge in [-0.2, -0.15) is 25.8 Å². The maximum Gasteiger partial charge on any atom is 0.416 e. The summed E-state index contributed by atoms with van der Waals surface area (Å²) in [6.07, 6.45) is -4.55. The van der Waals surface area contributed by atoms with Crippen LogP contribution < -0.4 is 10.6 Å². The second-order valence-electron chi connectivity index (χ2n) is 4.12. The van der Waals surface area contributed by atoms with Gasteiger partial charge in [-0.05, 0) is 18.2 Å². The monoisotopic (exact) mass is 340 g/mol. The van der Waals surface area contributed by atoms with Gasteiger partial charge in [0.25, 0.3) is 0 Å². The highest BCUT2D eigenvalue weighted by atomic mass is 35.5. The van der Waals surface area contributed by atoms with Gasteiger partial charge in [-0.15, -0.1) is 0 Å². The van der Waals surface area contributed by atoms with E-state index in [2.05, 4.69) is 23.3 Å². The zero-order chi connectivity index (χ0) is 16.2. The topological polar surface area (TPSA) is 58.2 Å². The Morgan fingerprint density at radius 2 is 2.00 bits per heavy atom. The SMILES string of the molecule is CC(=O)NC(CS)C(=O)Nc1cc(C(F)(F)F)ccc1Cl. The molecule has 1 unspecified atom stereocenters. The number of carbonyl (C=O) groups excluding carboxylic acids is 2. The molecule has 0 radical (unpaired) electrons. The summed E-state index contributed by atoms with van der Waals surface area (Å²) >= 11 is 9.66. The number of benzene rings is 1. The Hall–Kier alpha value is -1.41. The number of thiol groups is 1. The molecule has 2 amide bonds. The molecule has 0 aliphatic rings. The molecule has 9 heteroatoms. The Balaban J connectivity index is 2.96. The average Bonchev–Trinajstić information content (AvgIpc) is 2.36. The van der Waals surface area contributed by atoms with Crippen molar-refractivity contribution in [3.05, 3.63) is 28.8 Å². The number of carbonyl (C=O) groups is 2. The normalized spacial score (nSPS) is 12.7. The smallest absolute Gasteiger partial charge is 0.344 e.